The van der Waals surface area contributed by atoms with Gasteiger partial charge in [-0.3, -0.25) is 0 Å². The molecule has 0 aliphatic rings. The van der Waals surface area contributed by atoms with Gasteiger partial charge in [-0.25, -0.2) is 0 Å². The minimum absolute atomic E-state index is 0.156. The van der Waals surface area contributed by atoms with Crippen molar-refractivity contribution in [1.29, 1.82) is 0 Å². The van der Waals surface area contributed by atoms with Crippen LogP contribution in [0.4, 0.5) is 0 Å². The number of hydrogen-bond acceptors (Lipinski definition) is 2. The smallest absolute Gasteiger partial charge is 0.0556 e. The number of aliphatic hydroxyl groups is 1. The molecule has 13 heavy (non-hydrogen) atoms. The second-order valence-corrected chi connectivity index (χ2v) is 3.34. The topological polar surface area (TPSA) is 32.3 Å². The van der Waals surface area contributed by atoms with Crippen LogP contribution in [0.25, 0.3) is 0 Å². The molecular formula is C10H14ClNO. The predicted molar refractivity (Wildman–Crippen MR) is 55.0 cm³/mol. The molecule has 0 aliphatic heterocycles. The highest BCUT2D eigenvalue weighted by molar-refractivity contribution is 6.31. The summed E-state index contributed by atoms with van der Waals surface area (Å²) in [6, 6.07) is 5.85. The minimum atomic E-state index is 0.156. The number of aryl methyl sites for hydroxylation is 1. The average molecular weight is 200 g/mol. The monoisotopic (exact) mass is 199 g/mol. The first-order chi connectivity index (χ1) is 6.25. The quantitative estimate of drug-likeness (QED) is 0.724. The van der Waals surface area contributed by atoms with Crippen molar-refractivity contribution in [3.05, 3.63) is 34.3 Å². The zero-order valence-corrected chi connectivity index (χ0v) is 8.43. The molecule has 3 heteroatoms. The molecule has 0 saturated carbocycles. The molecule has 0 fully saturated rings. The van der Waals surface area contributed by atoms with Gasteiger partial charge in [-0.05, 0) is 24.1 Å². The first-order valence-corrected chi connectivity index (χ1v) is 4.69. The van der Waals surface area contributed by atoms with E-state index < -0.39 is 0 Å². The molecule has 1 aromatic carbocycles. The van der Waals surface area contributed by atoms with E-state index in [4.69, 9.17) is 16.7 Å². The van der Waals surface area contributed by atoms with Crippen LogP contribution in [0, 0.1) is 6.92 Å². The summed E-state index contributed by atoms with van der Waals surface area (Å²) < 4.78 is 0. The Kier molecular flexibility index (Phi) is 4.22. The Balaban J connectivity index is 2.64. The Labute approximate surface area is 83.5 Å². The highest BCUT2D eigenvalue weighted by atomic mass is 35.5. The maximum absolute atomic E-state index is 8.59. The fourth-order valence-electron chi connectivity index (χ4n) is 1.18. The van der Waals surface area contributed by atoms with E-state index >= 15 is 0 Å². The van der Waals surface area contributed by atoms with E-state index in [2.05, 4.69) is 5.32 Å². The third kappa shape index (κ3) is 2.99. The summed E-state index contributed by atoms with van der Waals surface area (Å²) in [6.07, 6.45) is 0. The van der Waals surface area contributed by atoms with Crippen LogP contribution in [-0.4, -0.2) is 18.3 Å². The lowest BCUT2D eigenvalue weighted by Gasteiger charge is -2.08. The molecule has 0 aliphatic carbocycles. The molecule has 0 saturated heterocycles. The molecule has 1 rings (SSSR count). The molecule has 0 bridgehead atoms. The van der Waals surface area contributed by atoms with Gasteiger partial charge in [0.1, 0.15) is 0 Å². The Bertz CT molecular complexity index is 255. The van der Waals surface area contributed by atoms with Gasteiger partial charge in [-0.1, -0.05) is 23.7 Å². The van der Waals surface area contributed by atoms with Gasteiger partial charge in [0.2, 0.25) is 0 Å². The highest BCUT2D eigenvalue weighted by Gasteiger charge is 2.01. The van der Waals surface area contributed by atoms with E-state index in [0.717, 1.165) is 10.6 Å². The molecule has 0 amide bonds. The number of rotatable bonds is 4. The van der Waals surface area contributed by atoms with Crippen molar-refractivity contribution in [2.75, 3.05) is 13.2 Å². The van der Waals surface area contributed by atoms with E-state index in [1.54, 1.807) is 0 Å². The van der Waals surface area contributed by atoms with Crippen LogP contribution in [-0.2, 0) is 6.54 Å². The molecule has 0 aromatic heterocycles. The molecule has 0 spiro atoms. The number of benzene rings is 1. The third-order valence-electron chi connectivity index (χ3n) is 1.94. The molecule has 0 radical (unpaired) electrons. The second-order valence-electron chi connectivity index (χ2n) is 2.94. The maximum atomic E-state index is 8.59. The van der Waals surface area contributed by atoms with Gasteiger partial charge in [-0.2, -0.15) is 0 Å². The van der Waals surface area contributed by atoms with Crippen LogP contribution in [0.3, 0.4) is 0 Å². The van der Waals surface area contributed by atoms with Crippen molar-refractivity contribution in [3.8, 4) is 0 Å². The van der Waals surface area contributed by atoms with Crippen LogP contribution < -0.4 is 5.32 Å². The summed E-state index contributed by atoms with van der Waals surface area (Å²) in [5, 5.41) is 12.5. The zero-order chi connectivity index (χ0) is 9.68. The summed E-state index contributed by atoms with van der Waals surface area (Å²) in [6.45, 7) is 3.50. The molecule has 0 heterocycles. The van der Waals surface area contributed by atoms with E-state index in [9.17, 15) is 0 Å². The van der Waals surface area contributed by atoms with Crippen molar-refractivity contribution >= 4 is 11.6 Å². The van der Waals surface area contributed by atoms with E-state index in [0.29, 0.717) is 13.1 Å². The predicted octanol–water partition coefficient (Wildman–Crippen LogP) is 1.73. The lowest BCUT2D eigenvalue weighted by Crippen LogP contribution is -2.18. The van der Waals surface area contributed by atoms with Gasteiger partial charge in [-0.15, -0.1) is 0 Å². The molecule has 2 N–H and O–H groups in total. The summed E-state index contributed by atoms with van der Waals surface area (Å²) in [7, 11) is 0. The fourth-order valence-corrected chi connectivity index (χ4v) is 1.47. The maximum Gasteiger partial charge on any atom is 0.0556 e. The number of hydrogen-bond donors (Lipinski definition) is 2. The SMILES string of the molecule is Cc1cccc(Cl)c1CNCCO. The normalized spacial score (nSPS) is 10.4. The fraction of sp³-hybridized carbons (Fsp3) is 0.400. The second kappa shape index (κ2) is 5.22. The highest BCUT2D eigenvalue weighted by Crippen LogP contribution is 2.18. The summed E-state index contributed by atoms with van der Waals surface area (Å²) in [4.78, 5) is 0. The minimum Gasteiger partial charge on any atom is -0.395 e. The third-order valence-corrected chi connectivity index (χ3v) is 2.30. The van der Waals surface area contributed by atoms with Crippen molar-refractivity contribution in [3.63, 3.8) is 0 Å². The van der Waals surface area contributed by atoms with Crippen LogP contribution in [0.5, 0.6) is 0 Å². The van der Waals surface area contributed by atoms with Gasteiger partial charge in [0, 0.05) is 18.1 Å². The van der Waals surface area contributed by atoms with Gasteiger partial charge in [0.15, 0.2) is 0 Å². The van der Waals surface area contributed by atoms with Gasteiger partial charge >= 0.3 is 0 Å². The lowest BCUT2D eigenvalue weighted by molar-refractivity contribution is 0.292. The Morgan fingerprint density at radius 2 is 2.23 bits per heavy atom. The number of aliphatic hydroxyl groups excluding tert-OH is 1. The molecule has 0 unspecified atom stereocenters. The number of nitrogens with one attached hydrogen (secondary N) is 1. The zero-order valence-electron chi connectivity index (χ0n) is 7.68. The summed E-state index contributed by atoms with van der Waals surface area (Å²) >= 11 is 6.01. The first-order valence-electron chi connectivity index (χ1n) is 4.31. The van der Waals surface area contributed by atoms with E-state index in [1.807, 2.05) is 25.1 Å². The van der Waals surface area contributed by atoms with Gasteiger partial charge < -0.3 is 10.4 Å². The van der Waals surface area contributed by atoms with Crippen molar-refractivity contribution < 1.29 is 5.11 Å². The Morgan fingerprint density at radius 1 is 1.46 bits per heavy atom. The molecular weight excluding hydrogens is 186 g/mol. The summed E-state index contributed by atoms with van der Waals surface area (Å²) in [5.41, 5.74) is 2.29. The lowest BCUT2D eigenvalue weighted by atomic mass is 10.1. The van der Waals surface area contributed by atoms with Crippen molar-refractivity contribution in [1.82, 2.24) is 5.32 Å². The average Bonchev–Trinajstić information content (AvgIpc) is 2.10. The Hall–Kier alpha value is -0.570. The largest absolute Gasteiger partial charge is 0.395 e. The van der Waals surface area contributed by atoms with Crippen LogP contribution in [0.1, 0.15) is 11.1 Å². The molecule has 72 valence electrons. The van der Waals surface area contributed by atoms with Crippen LogP contribution in [0.2, 0.25) is 5.02 Å². The van der Waals surface area contributed by atoms with Crippen molar-refractivity contribution in [2.45, 2.75) is 13.5 Å². The van der Waals surface area contributed by atoms with E-state index in [1.165, 1.54) is 5.56 Å². The standard InChI is InChI=1S/C10H14ClNO/c1-8-3-2-4-10(11)9(8)7-12-5-6-13/h2-4,12-13H,5-7H2,1H3. The van der Waals surface area contributed by atoms with Crippen LogP contribution >= 0.6 is 11.6 Å². The molecule has 2 nitrogen and oxygen atoms in total. The van der Waals surface area contributed by atoms with Crippen LogP contribution in [0.15, 0.2) is 18.2 Å². The molecule has 1 aromatic rings. The first kappa shape index (κ1) is 10.5. The number of halogens is 1. The van der Waals surface area contributed by atoms with Crippen molar-refractivity contribution in [2.24, 2.45) is 0 Å². The summed E-state index contributed by atoms with van der Waals surface area (Å²) in [5.74, 6) is 0. The van der Waals surface area contributed by atoms with Gasteiger partial charge in [0.25, 0.3) is 0 Å². The van der Waals surface area contributed by atoms with E-state index in [-0.39, 0.29) is 6.61 Å². The van der Waals surface area contributed by atoms with Gasteiger partial charge in [0.05, 0.1) is 6.61 Å². The Morgan fingerprint density at radius 3 is 2.85 bits per heavy atom. The molecule has 0 atom stereocenters.